The summed E-state index contributed by atoms with van der Waals surface area (Å²) in [7, 11) is 0. The molecule has 3 saturated heterocycles. The molecule has 3 aliphatic heterocycles. The SMILES string of the molecule is CC1(O)CCOC2(CCN(C(=O)C3(C)COC3)CC2)C1. The first-order valence-electron chi connectivity index (χ1n) is 7.58. The Balaban J connectivity index is 1.60. The van der Waals surface area contributed by atoms with Crippen LogP contribution >= 0.6 is 0 Å². The molecule has 1 amide bonds. The number of likely N-dealkylation sites (tertiary alicyclic amines) is 1. The lowest BCUT2D eigenvalue weighted by Gasteiger charge is -2.49. The van der Waals surface area contributed by atoms with Gasteiger partial charge in [-0.05, 0) is 33.1 Å². The third kappa shape index (κ3) is 2.47. The number of ether oxygens (including phenoxy) is 2. The van der Waals surface area contributed by atoms with Gasteiger partial charge in [0.05, 0.1) is 36.4 Å². The Labute approximate surface area is 120 Å². The van der Waals surface area contributed by atoms with Crippen LogP contribution in [-0.2, 0) is 14.3 Å². The molecule has 5 nitrogen and oxygen atoms in total. The van der Waals surface area contributed by atoms with E-state index >= 15 is 0 Å². The molecule has 3 aliphatic rings. The Morgan fingerprint density at radius 3 is 2.30 bits per heavy atom. The highest BCUT2D eigenvalue weighted by atomic mass is 16.5. The van der Waals surface area contributed by atoms with Crippen molar-refractivity contribution in [2.24, 2.45) is 5.41 Å². The van der Waals surface area contributed by atoms with Crippen molar-refractivity contribution in [3.05, 3.63) is 0 Å². The van der Waals surface area contributed by atoms with E-state index in [1.165, 1.54) is 0 Å². The highest BCUT2D eigenvalue weighted by Crippen LogP contribution is 2.40. The van der Waals surface area contributed by atoms with E-state index in [-0.39, 0.29) is 16.9 Å². The standard InChI is InChI=1S/C15H25NO4/c1-13(10-19-11-13)12(17)16-6-3-15(4-7-16)9-14(2,18)5-8-20-15/h18H,3-11H2,1-2H3. The Bertz CT molecular complexity index is 395. The van der Waals surface area contributed by atoms with Crippen molar-refractivity contribution in [1.82, 2.24) is 4.90 Å². The molecule has 0 aliphatic carbocycles. The lowest BCUT2D eigenvalue weighted by molar-refractivity contribution is -0.187. The van der Waals surface area contributed by atoms with Crippen LogP contribution in [0.3, 0.4) is 0 Å². The van der Waals surface area contributed by atoms with Crippen molar-refractivity contribution in [3.63, 3.8) is 0 Å². The second-order valence-corrected chi connectivity index (χ2v) is 7.30. The third-order valence-electron chi connectivity index (χ3n) is 5.07. The van der Waals surface area contributed by atoms with E-state index in [0.29, 0.717) is 32.7 Å². The Morgan fingerprint density at radius 1 is 1.15 bits per heavy atom. The molecule has 1 atom stereocenters. The largest absolute Gasteiger partial charge is 0.390 e. The Hall–Kier alpha value is -0.650. The van der Waals surface area contributed by atoms with Crippen molar-refractivity contribution in [1.29, 1.82) is 0 Å². The predicted octanol–water partition coefficient (Wildman–Crippen LogP) is 0.945. The van der Waals surface area contributed by atoms with Gasteiger partial charge in [0.2, 0.25) is 5.91 Å². The maximum Gasteiger partial charge on any atom is 0.233 e. The van der Waals surface area contributed by atoms with E-state index in [1.54, 1.807) is 0 Å². The number of piperidine rings is 1. The zero-order chi connectivity index (χ0) is 14.4. The Morgan fingerprint density at radius 2 is 1.80 bits per heavy atom. The maximum atomic E-state index is 12.5. The van der Waals surface area contributed by atoms with Gasteiger partial charge in [0.15, 0.2) is 0 Å². The molecule has 0 saturated carbocycles. The number of carbonyl (C=O) groups excluding carboxylic acids is 1. The third-order valence-corrected chi connectivity index (χ3v) is 5.07. The van der Waals surface area contributed by atoms with Gasteiger partial charge in [-0.2, -0.15) is 0 Å². The summed E-state index contributed by atoms with van der Waals surface area (Å²) < 4.78 is 11.2. The van der Waals surface area contributed by atoms with Crippen LogP contribution in [0.2, 0.25) is 0 Å². The van der Waals surface area contributed by atoms with Gasteiger partial charge in [-0.25, -0.2) is 0 Å². The number of hydrogen-bond donors (Lipinski definition) is 1. The van der Waals surface area contributed by atoms with Crippen molar-refractivity contribution in [3.8, 4) is 0 Å². The molecule has 1 unspecified atom stereocenters. The normalized spacial score (nSPS) is 35.6. The fraction of sp³-hybridized carbons (Fsp3) is 0.933. The molecule has 3 heterocycles. The van der Waals surface area contributed by atoms with E-state index in [4.69, 9.17) is 9.47 Å². The van der Waals surface area contributed by atoms with E-state index in [1.807, 2.05) is 18.7 Å². The highest BCUT2D eigenvalue weighted by molar-refractivity contribution is 5.83. The average molecular weight is 283 g/mol. The van der Waals surface area contributed by atoms with Gasteiger partial charge in [-0.1, -0.05) is 0 Å². The maximum absolute atomic E-state index is 12.5. The second kappa shape index (κ2) is 4.68. The molecule has 0 bridgehead atoms. The van der Waals surface area contributed by atoms with Crippen LogP contribution in [0.5, 0.6) is 0 Å². The second-order valence-electron chi connectivity index (χ2n) is 7.30. The summed E-state index contributed by atoms with van der Waals surface area (Å²) in [5.74, 6) is 0.209. The topological polar surface area (TPSA) is 59.0 Å². The fourth-order valence-electron chi connectivity index (χ4n) is 3.67. The number of carbonyl (C=O) groups is 1. The van der Waals surface area contributed by atoms with Crippen LogP contribution in [-0.4, -0.2) is 60.0 Å². The number of rotatable bonds is 1. The van der Waals surface area contributed by atoms with E-state index in [0.717, 1.165) is 25.9 Å². The lowest BCUT2D eigenvalue weighted by atomic mass is 9.77. The molecule has 1 N–H and O–H groups in total. The van der Waals surface area contributed by atoms with E-state index < -0.39 is 5.60 Å². The van der Waals surface area contributed by atoms with E-state index in [9.17, 15) is 9.90 Å². The Kier molecular flexibility index (Phi) is 3.35. The van der Waals surface area contributed by atoms with Gasteiger partial charge < -0.3 is 19.5 Å². The first-order valence-corrected chi connectivity index (χ1v) is 7.58. The predicted molar refractivity (Wildman–Crippen MR) is 73.3 cm³/mol. The summed E-state index contributed by atoms with van der Waals surface area (Å²) >= 11 is 0. The first-order chi connectivity index (χ1) is 9.34. The summed E-state index contributed by atoms with van der Waals surface area (Å²) in [5, 5.41) is 10.3. The van der Waals surface area contributed by atoms with Gasteiger partial charge in [-0.15, -0.1) is 0 Å². The quantitative estimate of drug-likeness (QED) is 0.778. The molecule has 0 radical (unpaired) electrons. The monoisotopic (exact) mass is 283 g/mol. The van der Waals surface area contributed by atoms with Crippen molar-refractivity contribution in [2.45, 2.75) is 50.7 Å². The molecule has 0 aromatic heterocycles. The zero-order valence-electron chi connectivity index (χ0n) is 12.5. The lowest BCUT2D eigenvalue weighted by Crippen LogP contribution is -2.59. The minimum absolute atomic E-state index is 0.209. The zero-order valence-corrected chi connectivity index (χ0v) is 12.5. The first kappa shape index (κ1) is 14.3. The number of amides is 1. The summed E-state index contributed by atoms with van der Waals surface area (Å²) in [6.07, 6.45) is 3.03. The van der Waals surface area contributed by atoms with Crippen LogP contribution in [0.15, 0.2) is 0 Å². The van der Waals surface area contributed by atoms with Crippen LogP contribution in [0.1, 0.15) is 39.5 Å². The number of aliphatic hydroxyl groups is 1. The smallest absolute Gasteiger partial charge is 0.233 e. The van der Waals surface area contributed by atoms with Gasteiger partial charge in [-0.3, -0.25) is 4.79 Å². The summed E-state index contributed by atoms with van der Waals surface area (Å²) in [6.45, 7) is 7.02. The fourth-order valence-corrected chi connectivity index (χ4v) is 3.67. The summed E-state index contributed by atoms with van der Waals surface area (Å²) in [5.41, 5.74) is -1.17. The highest BCUT2D eigenvalue weighted by Gasteiger charge is 2.48. The van der Waals surface area contributed by atoms with Crippen molar-refractivity contribution >= 4 is 5.91 Å². The molecular formula is C15H25NO4. The van der Waals surface area contributed by atoms with Crippen LogP contribution in [0, 0.1) is 5.41 Å². The van der Waals surface area contributed by atoms with Crippen LogP contribution < -0.4 is 0 Å². The molecule has 3 fully saturated rings. The minimum atomic E-state index is -0.627. The molecular weight excluding hydrogens is 258 g/mol. The molecule has 1 spiro atoms. The molecule has 0 aromatic rings. The van der Waals surface area contributed by atoms with Gasteiger partial charge in [0.25, 0.3) is 0 Å². The minimum Gasteiger partial charge on any atom is -0.390 e. The molecule has 114 valence electrons. The number of nitrogens with zero attached hydrogens (tertiary/aromatic N) is 1. The molecule has 5 heteroatoms. The van der Waals surface area contributed by atoms with Crippen molar-refractivity contribution < 1.29 is 19.4 Å². The van der Waals surface area contributed by atoms with Gasteiger partial charge >= 0.3 is 0 Å². The average Bonchev–Trinajstić information content (AvgIpc) is 2.35. The van der Waals surface area contributed by atoms with Crippen LogP contribution in [0.25, 0.3) is 0 Å². The van der Waals surface area contributed by atoms with Crippen LogP contribution in [0.4, 0.5) is 0 Å². The number of hydrogen-bond acceptors (Lipinski definition) is 4. The van der Waals surface area contributed by atoms with Crippen molar-refractivity contribution in [2.75, 3.05) is 32.9 Å². The summed E-state index contributed by atoms with van der Waals surface area (Å²) in [6, 6.07) is 0. The summed E-state index contributed by atoms with van der Waals surface area (Å²) in [4.78, 5) is 14.4. The van der Waals surface area contributed by atoms with Gasteiger partial charge in [0, 0.05) is 19.5 Å². The molecule has 20 heavy (non-hydrogen) atoms. The molecule has 3 rings (SSSR count). The van der Waals surface area contributed by atoms with E-state index in [2.05, 4.69) is 0 Å². The van der Waals surface area contributed by atoms with Gasteiger partial charge in [0.1, 0.15) is 0 Å². The molecule has 0 aromatic carbocycles.